The van der Waals surface area contributed by atoms with Crippen LogP contribution in [0.1, 0.15) is 65.9 Å². The van der Waals surface area contributed by atoms with Crippen molar-refractivity contribution in [3.63, 3.8) is 0 Å². The highest BCUT2D eigenvalue weighted by molar-refractivity contribution is 5.99. The molecule has 2 aromatic rings. The number of phenols is 1. The number of rotatable bonds is 9. The molecule has 0 radical (unpaired) electrons. The van der Waals surface area contributed by atoms with Gasteiger partial charge >= 0.3 is 6.18 Å². The number of phenolic OH excluding ortho intramolecular Hbond substituents is 1. The van der Waals surface area contributed by atoms with Gasteiger partial charge in [0.2, 0.25) is 5.91 Å². The van der Waals surface area contributed by atoms with E-state index >= 15 is 0 Å². The summed E-state index contributed by atoms with van der Waals surface area (Å²) >= 11 is 0. The van der Waals surface area contributed by atoms with Crippen LogP contribution in [-0.4, -0.2) is 77.6 Å². The molecule has 5 atom stereocenters. The molecule has 228 valence electrons. The number of amides is 1. The minimum atomic E-state index is -4.56. The van der Waals surface area contributed by atoms with Crippen molar-refractivity contribution in [2.45, 2.75) is 69.6 Å². The minimum Gasteiger partial charge on any atom is -0.508 e. The van der Waals surface area contributed by atoms with E-state index in [0.717, 1.165) is 37.1 Å². The van der Waals surface area contributed by atoms with Crippen LogP contribution in [0.2, 0.25) is 0 Å². The average Bonchev–Trinajstić information content (AvgIpc) is 3.43. The first-order valence-corrected chi connectivity index (χ1v) is 15.0. The Hall–Kier alpha value is -2.98. The molecular formula is C32H39F4N3O3. The van der Waals surface area contributed by atoms with Gasteiger partial charge in [-0.3, -0.25) is 9.59 Å². The van der Waals surface area contributed by atoms with Crippen LogP contribution in [0.25, 0.3) is 0 Å². The Kier molecular flexibility index (Phi) is 9.23. The topological polar surface area (TPSA) is 72.9 Å². The van der Waals surface area contributed by atoms with Gasteiger partial charge in [0.15, 0.2) is 5.78 Å². The van der Waals surface area contributed by atoms with E-state index in [0.29, 0.717) is 18.2 Å². The number of hydrogen-bond acceptors (Lipinski definition) is 5. The number of Topliss-reactive ketones (excluding diaryl/α,β-unsaturated/α-hetero) is 1. The van der Waals surface area contributed by atoms with Crippen LogP contribution in [0.4, 0.5) is 17.6 Å². The number of nitrogens with one attached hydrogen (secondary N) is 1. The summed E-state index contributed by atoms with van der Waals surface area (Å²) in [4.78, 5) is 31.2. The van der Waals surface area contributed by atoms with Gasteiger partial charge in [-0.2, -0.15) is 13.2 Å². The lowest BCUT2D eigenvalue weighted by atomic mass is 9.69. The lowest BCUT2D eigenvalue weighted by molar-refractivity contribution is -0.185. The third-order valence-electron chi connectivity index (χ3n) is 9.35. The van der Waals surface area contributed by atoms with Crippen molar-refractivity contribution in [1.82, 2.24) is 15.1 Å². The second-order valence-electron chi connectivity index (χ2n) is 12.0. The first-order chi connectivity index (χ1) is 20.0. The molecule has 0 aliphatic carbocycles. The van der Waals surface area contributed by atoms with Gasteiger partial charge in [0, 0.05) is 43.1 Å². The van der Waals surface area contributed by atoms with E-state index < -0.39 is 41.7 Å². The molecule has 0 aromatic heterocycles. The number of likely N-dealkylation sites (tertiary alicyclic amines) is 2. The highest BCUT2D eigenvalue weighted by atomic mass is 19.4. The van der Waals surface area contributed by atoms with Crippen molar-refractivity contribution in [2.75, 3.05) is 32.7 Å². The van der Waals surface area contributed by atoms with Crippen LogP contribution >= 0.6 is 0 Å². The highest BCUT2D eigenvalue weighted by Gasteiger charge is 2.52. The fourth-order valence-electron chi connectivity index (χ4n) is 7.00. The molecule has 3 saturated heterocycles. The van der Waals surface area contributed by atoms with E-state index in [1.165, 1.54) is 24.3 Å². The first-order valence-electron chi connectivity index (χ1n) is 15.0. The summed E-state index contributed by atoms with van der Waals surface area (Å²) in [5.74, 6) is -4.17. The van der Waals surface area contributed by atoms with Gasteiger partial charge in [0.25, 0.3) is 0 Å². The number of carbonyl (C=O) groups excluding carboxylic acids is 2. The van der Waals surface area contributed by atoms with Crippen molar-refractivity contribution in [2.24, 2.45) is 11.8 Å². The van der Waals surface area contributed by atoms with Crippen molar-refractivity contribution in [3.05, 3.63) is 65.0 Å². The van der Waals surface area contributed by atoms with E-state index in [-0.39, 0.29) is 55.1 Å². The Morgan fingerprint density at radius 2 is 1.79 bits per heavy atom. The first kappa shape index (κ1) is 30.5. The molecule has 0 saturated carbocycles. The van der Waals surface area contributed by atoms with Gasteiger partial charge in [-0.25, -0.2) is 4.39 Å². The highest BCUT2D eigenvalue weighted by Crippen LogP contribution is 2.44. The van der Waals surface area contributed by atoms with Crippen LogP contribution in [0.5, 0.6) is 5.75 Å². The van der Waals surface area contributed by atoms with Gasteiger partial charge in [-0.1, -0.05) is 30.7 Å². The van der Waals surface area contributed by atoms with Gasteiger partial charge in [0.1, 0.15) is 17.6 Å². The minimum absolute atomic E-state index is 0.00603. The molecule has 42 heavy (non-hydrogen) atoms. The van der Waals surface area contributed by atoms with E-state index in [1.807, 2.05) is 4.90 Å². The molecule has 0 bridgehead atoms. The monoisotopic (exact) mass is 589 g/mol. The lowest BCUT2D eigenvalue weighted by Gasteiger charge is -2.45. The van der Waals surface area contributed by atoms with Gasteiger partial charge in [-0.05, 0) is 81.4 Å². The van der Waals surface area contributed by atoms with E-state index in [9.17, 15) is 32.3 Å². The number of nitrogens with zero attached hydrogens (tertiary/aromatic N) is 2. The van der Waals surface area contributed by atoms with Gasteiger partial charge < -0.3 is 20.2 Å². The van der Waals surface area contributed by atoms with Gasteiger partial charge in [0.05, 0.1) is 5.92 Å². The number of aromatic hydroxyl groups is 1. The lowest BCUT2D eigenvalue weighted by Crippen LogP contribution is -2.55. The summed E-state index contributed by atoms with van der Waals surface area (Å²) in [6.07, 6.45) is -0.527. The predicted molar refractivity (Wildman–Crippen MR) is 151 cm³/mol. The van der Waals surface area contributed by atoms with Crippen LogP contribution < -0.4 is 5.32 Å². The largest absolute Gasteiger partial charge is 0.508 e. The van der Waals surface area contributed by atoms with E-state index in [1.54, 1.807) is 25.1 Å². The summed E-state index contributed by atoms with van der Waals surface area (Å²) in [6, 6.07) is 9.09. The summed E-state index contributed by atoms with van der Waals surface area (Å²) < 4.78 is 56.8. The Morgan fingerprint density at radius 3 is 2.48 bits per heavy atom. The molecular weight excluding hydrogens is 550 g/mol. The van der Waals surface area contributed by atoms with Crippen LogP contribution in [0, 0.1) is 24.6 Å². The third kappa shape index (κ3) is 6.49. The number of benzene rings is 2. The van der Waals surface area contributed by atoms with E-state index in [4.69, 9.17) is 0 Å². The second kappa shape index (κ2) is 12.7. The fraction of sp³-hybridized carbons (Fsp3) is 0.562. The molecule has 6 nitrogen and oxygen atoms in total. The fourth-order valence-corrected chi connectivity index (χ4v) is 7.00. The number of hydrogen-bond donors (Lipinski definition) is 2. The zero-order valence-electron chi connectivity index (χ0n) is 23.9. The van der Waals surface area contributed by atoms with Crippen molar-refractivity contribution < 1.29 is 32.3 Å². The summed E-state index contributed by atoms with van der Waals surface area (Å²) in [6.45, 7) is 3.66. The maximum Gasteiger partial charge on any atom is 0.408 e. The van der Waals surface area contributed by atoms with Crippen LogP contribution in [0.3, 0.4) is 0 Å². The van der Waals surface area contributed by atoms with Crippen LogP contribution in [-0.2, 0) is 4.79 Å². The van der Waals surface area contributed by atoms with Crippen LogP contribution in [0.15, 0.2) is 42.5 Å². The zero-order valence-corrected chi connectivity index (χ0v) is 23.9. The number of carbonyl (C=O) groups is 2. The Balaban J connectivity index is 1.51. The molecule has 3 aliphatic rings. The van der Waals surface area contributed by atoms with Crippen molar-refractivity contribution in [1.29, 1.82) is 0 Å². The number of unbranched alkanes of at least 4 members (excludes halogenated alkanes) is 1. The second-order valence-corrected chi connectivity index (χ2v) is 12.0. The van der Waals surface area contributed by atoms with E-state index in [2.05, 4.69) is 5.32 Å². The average molecular weight is 590 g/mol. The molecule has 3 aliphatic heterocycles. The maximum atomic E-state index is 14.9. The molecule has 0 spiro atoms. The number of piperidine rings is 1. The standard InChI is InChI=1S/C32H39F4N3O3/c1-20-24(10-5-11-27(20)33)29-25(30(41)21-7-4-9-23(40)17-21)18-38(15-3-2-8-22-13-14-37-22)19-26(29)31(42)39-16-6-12-28(39)32(34,35)36/h4-5,7,9-11,17,22,25-26,28-29,37,40H,2-3,6,8,12-16,18-19H2,1H3/t22?,25-,26+,28-,29+/m0/s1. The third-order valence-corrected chi connectivity index (χ3v) is 9.35. The quantitative estimate of drug-likeness (QED) is 0.232. The molecule has 5 rings (SSSR count). The summed E-state index contributed by atoms with van der Waals surface area (Å²) in [5, 5.41) is 13.5. The molecule has 1 unspecified atom stereocenters. The number of alkyl halides is 3. The maximum absolute atomic E-state index is 14.9. The SMILES string of the molecule is Cc1c(F)cccc1[C@@H]1[C@@H](C(=O)c2cccc(O)c2)CN(CCCCC2CCN2)C[C@H]1C(=O)N1CCC[C@H]1C(F)(F)F. The molecule has 10 heteroatoms. The molecule has 3 fully saturated rings. The number of ketones is 1. The van der Waals surface area contributed by atoms with Gasteiger partial charge in [-0.15, -0.1) is 0 Å². The predicted octanol–water partition coefficient (Wildman–Crippen LogP) is 5.44. The normalized spacial score (nSPS) is 26.7. The molecule has 3 heterocycles. The van der Waals surface area contributed by atoms with Crippen molar-refractivity contribution >= 4 is 11.7 Å². The summed E-state index contributed by atoms with van der Waals surface area (Å²) in [5.41, 5.74) is 0.993. The zero-order chi connectivity index (χ0) is 30.0. The Bertz CT molecular complexity index is 1280. The Labute approximate surface area is 244 Å². The van der Waals surface area contributed by atoms with Crippen molar-refractivity contribution in [3.8, 4) is 5.75 Å². The number of halogens is 4. The molecule has 1 amide bonds. The molecule has 2 N–H and O–H groups in total. The Morgan fingerprint density at radius 1 is 1.05 bits per heavy atom. The summed E-state index contributed by atoms with van der Waals surface area (Å²) in [7, 11) is 0. The molecule has 2 aromatic carbocycles. The smallest absolute Gasteiger partial charge is 0.408 e.